The molecule has 0 bridgehead atoms. The summed E-state index contributed by atoms with van der Waals surface area (Å²) in [6.45, 7) is 1.47. The van der Waals surface area contributed by atoms with Gasteiger partial charge in [-0.1, -0.05) is 34.1 Å². The lowest BCUT2D eigenvalue weighted by Crippen LogP contribution is -2.45. The van der Waals surface area contributed by atoms with Crippen molar-refractivity contribution in [1.82, 2.24) is 9.80 Å². The zero-order valence-electron chi connectivity index (χ0n) is 16.2. The van der Waals surface area contributed by atoms with Crippen LogP contribution in [0.1, 0.15) is 41.6 Å². The number of rotatable bonds is 5. The van der Waals surface area contributed by atoms with Crippen LogP contribution in [0.3, 0.4) is 0 Å². The number of carbonyl (C=O) groups is 2. The largest absolute Gasteiger partial charge is 0.339 e. The molecule has 0 radical (unpaired) electrons. The van der Waals surface area contributed by atoms with E-state index in [0.717, 1.165) is 17.3 Å². The summed E-state index contributed by atoms with van der Waals surface area (Å²) in [5.74, 6) is -0.252. The molecule has 4 nitrogen and oxygen atoms in total. The summed E-state index contributed by atoms with van der Waals surface area (Å²) in [7, 11) is 0. The van der Waals surface area contributed by atoms with Gasteiger partial charge in [0, 0.05) is 47.2 Å². The van der Waals surface area contributed by atoms with Crippen molar-refractivity contribution in [2.45, 2.75) is 38.3 Å². The van der Waals surface area contributed by atoms with Gasteiger partial charge in [-0.05, 0) is 56.0 Å². The van der Waals surface area contributed by atoms with E-state index in [1.54, 1.807) is 18.2 Å². The molecule has 1 saturated carbocycles. The summed E-state index contributed by atoms with van der Waals surface area (Å²) in [6.07, 6.45) is 3.28. The minimum absolute atomic E-state index is 0.00815. The Morgan fingerprint density at radius 1 is 1.00 bits per heavy atom. The van der Waals surface area contributed by atoms with E-state index in [1.165, 1.54) is 6.07 Å². The van der Waals surface area contributed by atoms with Crippen LogP contribution in [-0.2, 0) is 11.3 Å². The van der Waals surface area contributed by atoms with Crippen molar-refractivity contribution < 1.29 is 14.0 Å². The van der Waals surface area contributed by atoms with Crippen LogP contribution in [0.4, 0.5) is 4.39 Å². The first kappa shape index (κ1) is 20.1. The molecule has 1 aliphatic carbocycles. The first-order valence-corrected chi connectivity index (χ1v) is 10.9. The smallest absolute Gasteiger partial charge is 0.253 e. The molecule has 6 heteroatoms. The van der Waals surface area contributed by atoms with E-state index in [-0.39, 0.29) is 29.6 Å². The van der Waals surface area contributed by atoms with Crippen molar-refractivity contribution >= 4 is 27.7 Å². The van der Waals surface area contributed by atoms with Crippen LogP contribution in [0.25, 0.3) is 0 Å². The van der Waals surface area contributed by atoms with Crippen LogP contribution in [0, 0.1) is 11.7 Å². The predicted molar refractivity (Wildman–Crippen MR) is 113 cm³/mol. The van der Waals surface area contributed by atoms with Crippen LogP contribution >= 0.6 is 15.9 Å². The van der Waals surface area contributed by atoms with Gasteiger partial charge in [-0.25, -0.2) is 4.39 Å². The summed E-state index contributed by atoms with van der Waals surface area (Å²) in [5.41, 5.74) is 1.23. The van der Waals surface area contributed by atoms with E-state index >= 15 is 0 Å². The highest BCUT2D eigenvalue weighted by Crippen LogP contribution is 2.32. The second kappa shape index (κ2) is 8.66. The summed E-state index contributed by atoms with van der Waals surface area (Å²) in [5, 5.41) is 0. The van der Waals surface area contributed by atoms with Gasteiger partial charge in [-0.3, -0.25) is 9.59 Å². The highest BCUT2D eigenvalue weighted by molar-refractivity contribution is 9.10. The Hall–Kier alpha value is -2.21. The normalized spacial score (nSPS) is 17.2. The summed E-state index contributed by atoms with van der Waals surface area (Å²) in [4.78, 5) is 29.5. The third-order valence-corrected chi connectivity index (χ3v) is 6.32. The van der Waals surface area contributed by atoms with E-state index in [1.807, 2.05) is 34.1 Å². The first-order chi connectivity index (χ1) is 14.0. The minimum atomic E-state index is -0.263. The molecule has 4 rings (SSSR count). The maximum atomic E-state index is 14.1. The Bertz CT molecular complexity index is 890. The number of carbonyl (C=O) groups excluding carboxylic acids is 2. The van der Waals surface area contributed by atoms with E-state index < -0.39 is 0 Å². The fraction of sp³-hybridized carbons (Fsp3) is 0.391. The summed E-state index contributed by atoms with van der Waals surface area (Å²) in [6, 6.07) is 14.2. The zero-order valence-corrected chi connectivity index (χ0v) is 17.8. The predicted octanol–water partition coefficient (Wildman–Crippen LogP) is 4.63. The van der Waals surface area contributed by atoms with Crippen molar-refractivity contribution in [2.24, 2.45) is 5.92 Å². The average molecular weight is 459 g/mol. The zero-order chi connectivity index (χ0) is 20.4. The first-order valence-electron chi connectivity index (χ1n) is 10.1. The third kappa shape index (κ3) is 4.69. The number of halogens is 2. The SMILES string of the molecule is O=C(c1ccc(Br)cc1)N1CCC(C(=O)N(Cc2ccccc2F)C2CC2)CC1. The van der Waals surface area contributed by atoms with Gasteiger partial charge < -0.3 is 9.80 Å². The maximum Gasteiger partial charge on any atom is 0.253 e. The minimum Gasteiger partial charge on any atom is -0.339 e. The van der Waals surface area contributed by atoms with Gasteiger partial charge in [0.05, 0.1) is 0 Å². The number of hydrogen-bond acceptors (Lipinski definition) is 2. The van der Waals surface area contributed by atoms with Crippen molar-refractivity contribution in [3.05, 3.63) is 69.9 Å². The molecule has 0 aromatic heterocycles. The quantitative estimate of drug-likeness (QED) is 0.654. The van der Waals surface area contributed by atoms with E-state index in [9.17, 15) is 14.0 Å². The number of amides is 2. The maximum absolute atomic E-state index is 14.1. The topological polar surface area (TPSA) is 40.6 Å². The number of likely N-dealkylation sites (tertiary alicyclic amines) is 1. The van der Waals surface area contributed by atoms with Crippen LogP contribution in [-0.4, -0.2) is 40.7 Å². The van der Waals surface area contributed by atoms with Crippen LogP contribution in [0.15, 0.2) is 53.0 Å². The Balaban J connectivity index is 1.38. The fourth-order valence-corrected chi connectivity index (χ4v) is 4.19. The fourth-order valence-electron chi connectivity index (χ4n) is 3.92. The molecular formula is C23H24BrFN2O2. The summed E-state index contributed by atoms with van der Waals surface area (Å²) >= 11 is 3.38. The van der Waals surface area contributed by atoms with Crippen LogP contribution in [0.5, 0.6) is 0 Å². The monoisotopic (exact) mass is 458 g/mol. The molecule has 0 spiro atoms. The average Bonchev–Trinajstić information content (AvgIpc) is 3.58. The third-order valence-electron chi connectivity index (χ3n) is 5.79. The number of hydrogen-bond donors (Lipinski definition) is 0. The van der Waals surface area contributed by atoms with Crippen LogP contribution in [0.2, 0.25) is 0 Å². The molecule has 1 saturated heterocycles. The second-order valence-corrected chi connectivity index (χ2v) is 8.78. The van der Waals surface area contributed by atoms with E-state index in [4.69, 9.17) is 0 Å². The lowest BCUT2D eigenvalue weighted by atomic mass is 9.94. The lowest BCUT2D eigenvalue weighted by molar-refractivity contribution is -0.138. The van der Waals surface area contributed by atoms with Crippen molar-refractivity contribution in [3.63, 3.8) is 0 Å². The molecule has 2 fully saturated rings. The van der Waals surface area contributed by atoms with Crippen molar-refractivity contribution in [2.75, 3.05) is 13.1 Å². The highest BCUT2D eigenvalue weighted by atomic mass is 79.9. The Morgan fingerprint density at radius 3 is 2.28 bits per heavy atom. The Labute approximate surface area is 178 Å². The molecular weight excluding hydrogens is 435 g/mol. The lowest BCUT2D eigenvalue weighted by Gasteiger charge is -2.34. The number of piperidine rings is 1. The number of nitrogens with zero attached hydrogens (tertiary/aromatic N) is 2. The molecule has 0 atom stereocenters. The van der Waals surface area contributed by atoms with Gasteiger partial charge in [-0.15, -0.1) is 0 Å². The molecule has 1 heterocycles. The molecule has 2 aromatic rings. The molecule has 2 amide bonds. The van der Waals surface area contributed by atoms with E-state index in [0.29, 0.717) is 43.6 Å². The standard InChI is InChI=1S/C23H24BrFN2O2/c24-19-7-5-16(6-8-19)22(28)26-13-11-17(12-14-26)23(29)27(20-9-10-20)15-18-3-1-2-4-21(18)25/h1-8,17,20H,9-15H2. The molecule has 0 unspecified atom stereocenters. The molecule has 2 aromatic carbocycles. The van der Waals surface area contributed by atoms with Gasteiger partial charge in [0.25, 0.3) is 5.91 Å². The molecule has 152 valence electrons. The second-order valence-electron chi connectivity index (χ2n) is 7.86. The van der Waals surface area contributed by atoms with Crippen LogP contribution < -0.4 is 0 Å². The van der Waals surface area contributed by atoms with Gasteiger partial charge in [-0.2, -0.15) is 0 Å². The highest BCUT2D eigenvalue weighted by Gasteiger charge is 2.37. The van der Waals surface area contributed by atoms with E-state index in [2.05, 4.69) is 15.9 Å². The van der Waals surface area contributed by atoms with Gasteiger partial charge in [0.1, 0.15) is 5.82 Å². The van der Waals surface area contributed by atoms with Crippen molar-refractivity contribution in [1.29, 1.82) is 0 Å². The molecule has 2 aliphatic rings. The number of benzene rings is 2. The van der Waals surface area contributed by atoms with Gasteiger partial charge in [0.15, 0.2) is 0 Å². The Morgan fingerprint density at radius 2 is 1.66 bits per heavy atom. The van der Waals surface area contributed by atoms with Gasteiger partial charge >= 0.3 is 0 Å². The molecule has 0 N–H and O–H groups in total. The Kier molecular flexibility index (Phi) is 5.99. The molecule has 1 aliphatic heterocycles. The summed E-state index contributed by atoms with van der Waals surface area (Å²) < 4.78 is 15.0. The molecule has 29 heavy (non-hydrogen) atoms. The van der Waals surface area contributed by atoms with Gasteiger partial charge in [0.2, 0.25) is 5.91 Å². The van der Waals surface area contributed by atoms with Crippen molar-refractivity contribution in [3.8, 4) is 0 Å².